The van der Waals surface area contributed by atoms with E-state index in [0.717, 1.165) is 11.3 Å². The van der Waals surface area contributed by atoms with E-state index in [-0.39, 0.29) is 12.5 Å². The highest BCUT2D eigenvalue weighted by Crippen LogP contribution is 2.27. The SMILES string of the molecule is C=CCN(CCO)C(=O)CSc1ccc2c(c1)CCC2. The minimum Gasteiger partial charge on any atom is -0.395 e. The van der Waals surface area contributed by atoms with Gasteiger partial charge in [0.15, 0.2) is 0 Å². The van der Waals surface area contributed by atoms with E-state index in [0.29, 0.717) is 18.8 Å². The summed E-state index contributed by atoms with van der Waals surface area (Å²) >= 11 is 1.57. The number of nitrogens with zero attached hydrogens (tertiary/aromatic N) is 1. The second-order valence-corrected chi connectivity index (χ2v) is 5.97. The molecular formula is C16H21NO2S. The zero-order valence-corrected chi connectivity index (χ0v) is 12.5. The molecule has 0 spiro atoms. The Morgan fingerprint density at radius 1 is 1.40 bits per heavy atom. The lowest BCUT2D eigenvalue weighted by atomic mass is 10.1. The van der Waals surface area contributed by atoms with Crippen LogP contribution in [0.2, 0.25) is 0 Å². The molecule has 1 aromatic rings. The molecule has 1 N–H and O–H groups in total. The van der Waals surface area contributed by atoms with Gasteiger partial charge in [0.2, 0.25) is 5.91 Å². The van der Waals surface area contributed by atoms with Crippen LogP contribution in [0.3, 0.4) is 0 Å². The third-order valence-corrected chi connectivity index (χ3v) is 4.48. The molecule has 3 nitrogen and oxygen atoms in total. The summed E-state index contributed by atoms with van der Waals surface area (Å²) in [6, 6.07) is 6.50. The number of thioether (sulfide) groups is 1. The summed E-state index contributed by atoms with van der Waals surface area (Å²) in [5, 5.41) is 8.97. The van der Waals surface area contributed by atoms with Gasteiger partial charge in [0.1, 0.15) is 0 Å². The molecule has 1 aliphatic carbocycles. The summed E-state index contributed by atoms with van der Waals surface area (Å²) in [7, 11) is 0. The molecule has 0 aromatic heterocycles. The van der Waals surface area contributed by atoms with Gasteiger partial charge >= 0.3 is 0 Å². The Bertz CT molecular complexity index is 487. The predicted molar refractivity (Wildman–Crippen MR) is 83.1 cm³/mol. The number of carbonyl (C=O) groups excluding carboxylic acids is 1. The van der Waals surface area contributed by atoms with Crippen LogP contribution in [0.1, 0.15) is 17.5 Å². The number of aryl methyl sites for hydroxylation is 2. The lowest BCUT2D eigenvalue weighted by Gasteiger charge is -2.19. The van der Waals surface area contributed by atoms with E-state index in [1.54, 1.807) is 22.7 Å². The van der Waals surface area contributed by atoms with Crippen LogP contribution in [-0.4, -0.2) is 41.4 Å². The van der Waals surface area contributed by atoms with Gasteiger partial charge in [-0.25, -0.2) is 0 Å². The summed E-state index contributed by atoms with van der Waals surface area (Å²) in [5.74, 6) is 0.455. The highest BCUT2D eigenvalue weighted by Gasteiger charge is 2.14. The number of hydrogen-bond acceptors (Lipinski definition) is 3. The lowest BCUT2D eigenvalue weighted by molar-refractivity contribution is -0.128. The average Bonchev–Trinajstić information content (AvgIpc) is 2.92. The molecule has 4 heteroatoms. The fourth-order valence-corrected chi connectivity index (χ4v) is 3.33. The average molecular weight is 291 g/mol. The van der Waals surface area contributed by atoms with Crippen LogP contribution in [0.5, 0.6) is 0 Å². The Balaban J connectivity index is 1.90. The third-order valence-electron chi connectivity index (χ3n) is 3.50. The smallest absolute Gasteiger partial charge is 0.233 e. The van der Waals surface area contributed by atoms with Crippen LogP contribution in [0.15, 0.2) is 35.7 Å². The van der Waals surface area contributed by atoms with Gasteiger partial charge in [-0.1, -0.05) is 12.1 Å². The molecule has 108 valence electrons. The topological polar surface area (TPSA) is 40.5 Å². The molecule has 1 aliphatic rings. The lowest BCUT2D eigenvalue weighted by Crippen LogP contribution is -2.34. The van der Waals surface area contributed by atoms with E-state index in [9.17, 15) is 4.79 Å². The van der Waals surface area contributed by atoms with Crippen molar-refractivity contribution in [2.45, 2.75) is 24.2 Å². The van der Waals surface area contributed by atoms with E-state index in [4.69, 9.17) is 5.11 Å². The maximum atomic E-state index is 12.1. The zero-order valence-electron chi connectivity index (χ0n) is 11.7. The Labute approximate surface area is 124 Å². The second kappa shape index (κ2) is 7.50. The standard InChI is InChI=1S/C16H21NO2S/c1-2-8-17(9-10-18)16(19)12-20-15-7-6-13-4-3-5-14(13)11-15/h2,6-7,11,18H,1,3-5,8-10,12H2. The van der Waals surface area contributed by atoms with Gasteiger partial charge in [0.25, 0.3) is 0 Å². The van der Waals surface area contributed by atoms with Crippen molar-refractivity contribution < 1.29 is 9.90 Å². The first kappa shape index (κ1) is 15.1. The highest BCUT2D eigenvalue weighted by molar-refractivity contribution is 8.00. The van der Waals surface area contributed by atoms with Crippen molar-refractivity contribution in [2.75, 3.05) is 25.4 Å². The molecule has 2 rings (SSSR count). The normalized spacial score (nSPS) is 13.1. The number of amides is 1. The van der Waals surface area contributed by atoms with Crippen LogP contribution in [0, 0.1) is 0 Å². The summed E-state index contributed by atoms with van der Waals surface area (Å²) < 4.78 is 0. The summed E-state index contributed by atoms with van der Waals surface area (Å²) in [6.07, 6.45) is 5.27. The fraction of sp³-hybridized carbons (Fsp3) is 0.438. The molecule has 1 amide bonds. The summed E-state index contributed by atoms with van der Waals surface area (Å²) in [4.78, 5) is 14.9. The first-order chi connectivity index (χ1) is 9.74. The number of aliphatic hydroxyl groups excluding tert-OH is 1. The van der Waals surface area contributed by atoms with Gasteiger partial charge in [-0.2, -0.15) is 0 Å². The maximum absolute atomic E-state index is 12.1. The van der Waals surface area contributed by atoms with E-state index in [1.807, 2.05) is 0 Å². The Morgan fingerprint density at radius 2 is 2.20 bits per heavy atom. The zero-order chi connectivity index (χ0) is 14.4. The molecule has 0 heterocycles. The van der Waals surface area contributed by atoms with Gasteiger partial charge in [-0.3, -0.25) is 4.79 Å². The van der Waals surface area contributed by atoms with Gasteiger partial charge in [0, 0.05) is 18.0 Å². The van der Waals surface area contributed by atoms with Crippen molar-refractivity contribution in [3.05, 3.63) is 42.0 Å². The van der Waals surface area contributed by atoms with E-state index < -0.39 is 0 Å². The number of benzene rings is 1. The van der Waals surface area contributed by atoms with Gasteiger partial charge in [-0.15, -0.1) is 18.3 Å². The van der Waals surface area contributed by atoms with Crippen molar-refractivity contribution in [1.82, 2.24) is 4.90 Å². The Hall–Kier alpha value is -1.26. The number of rotatable bonds is 7. The van der Waals surface area contributed by atoms with Crippen molar-refractivity contribution >= 4 is 17.7 Å². The van der Waals surface area contributed by atoms with Gasteiger partial charge < -0.3 is 10.0 Å². The molecule has 0 aliphatic heterocycles. The molecule has 0 bridgehead atoms. The predicted octanol–water partition coefficient (Wildman–Crippen LogP) is 2.27. The summed E-state index contributed by atoms with van der Waals surface area (Å²) in [5.41, 5.74) is 2.88. The van der Waals surface area contributed by atoms with Crippen molar-refractivity contribution in [1.29, 1.82) is 0 Å². The first-order valence-electron chi connectivity index (χ1n) is 6.98. The minimum absolute atomic E-state index is 0.0108. The second-order valence-electron chi connectivity index (χ2n) is 4.92. The van der Waals surface area contributed by atoms with Crippen molar-refractivity contribution in [3.63, 3.8) is 0 Å². The van der Waals surface area contributed by atoms with Gasteiger partial charge in [-0.05, 0) is 42.5 Å². The van der Waals surface area contributed by atoms with Crippen molar-refractivity contribution in [3.8, 4) is 0 Å². The Morgan fingerprint density at radius 3 is 2.95 bits per heavy atom. The molecule has 1 aromatic carbocycles. The molecule has 20 heavy (non-hydrogen) atoms. The number of fused-ring (bicyclic) bond motifs is 1. The summed E-state index contributed by atoms with van der Waals surface area (Å²) in [6.45, 7) is 4.49. The first-order valence-corrected chi connectivity index (χ1v) is 7.97. The molecule has 0 atom stereocenters. The van der Waals surface area contributed by atoms with Gasteiger partial charge in [0.05, 0.1) is 12.4 Å². The highest BCUT2D eigenvalue weighted by atomic mass is 32.2. The quantitative estimate of drug-likeness (QED) is 0.619. The van der Waals surface area contributed by atoms with Crippen LogP contribution >= 0.6 is 11.8 Å². The van der Waals surface area contributed by atoms with Crippen LogP contribution in [0.25, 0.3) is 0 Å². The molecule has 0 fully saturated rings. The fourth-order valence-electron chi connectivity index (χ4n) is 2.47. The maximum Gasteiger partial charge on any atom is 0.233 e. The molecule has 0 saturated carbocycles. The largest absolute Gasteiger partial charge is 0.395 e. The number of hydrogen-bond donors (Lipinski definition) is 1. The Kier molecular flexibility index (Phi) is 5.68. The van der Waals surface area contributed by atoms with E-state index in [2.05, 4.69) is 24.8 Å². The third kappa shape index (κ3) is 3.87. The van der Waals surface area contributed by atoms with Crippen LogP contribution < -0.4 is 0 Å². The van der Waals surface area contributed by atoms with E-state index in [1.165, 1.54) is 24.0 Å². The minimum atomic E-state index is -0.0108. The molecule has 0 radical (unpaired) electrons. The van der Waals surface area contributed by atoms with E-state index >= 15 is 0 Å². The monoisotopic (exact) mass is 291 g/mol. The molecule has 0 unspecified atom stereocenters. The number of aliphatic hydroxyl groups is 1. The van der Waals surface area contributed by atoms with Crippen LogP contribution in [-0.2, 0) is 17.6 Å². The van der Waals surface area contributed by atoms with Crippen LogP contribution in [0.4, 0.5) is 0 Å². The van der Waals surface area contributed by atoms with Crippen molar-refractivity contribution in [2.24, 2.45) is 0 Å². The number of carbonyl (C=O) groups is 1. The molecular weight excluding hydrogens is 270 g/mol. The molecule has 0 saturated heterocycles.